The molecule has 0 fully saturated rings. The van der Waals surface area contributed by atoms with E-state index in [1.165, 1.54) is 5.56 Å². The van der Waals surface area contributed by atoms with E-state index in [4.69, 9.17) is 0 Å². The molecule has 0 unspecified atom stereocenters. The molecule has 88 valence electrons. The Morgan fingerprint density at radius 2 is 2.06 bits per heavy atom. The summed E-state index contributed by atoms with van der Waals surface area (Å²) in [6.45, 7) is 1.51. The van der Waals surface area contributed by atoms with E-state index in [1.807, 2.05) is 24.4 Å². The Bertz CT molecular complexity index is 488. The highest BCUT2D eigenvalue weighted by Gasteiger charge is 2.01. The first-order valence-electron chi connectivity index (χ1n) is 5.15. The summed E-state index contributed by atoms with van der Waals surface area (Å²) in [5.74, 6) is 0. The van der Waals surface area contributed by atoms with Gasteiger partial charge in [0.15, 0.2) is 0 Å². The molecule has 0 saturated carbocycles. The molecule has 0 radical (unpaired) electrons. The maximum Gasteiger partial charge on any atom is 0.0684 e. The first kappa shape index (κ1) is 12.7. The van der Waals surface area contributed by atoms with Crippen molar-refractivity contribution in [2.45, 2.75) is 13.1 Å². The van der Waals surface area contributed by atoms with Gasteiger partial charge in [-0.05, 0) is 49.6 Å². The average Bonchev–Trinajstić information content (AvgIpc) is 2.33. The van der Waals surface area contributed by atoms with Crippen LogP contribution >= 0.6 is 31.9 Å². The molecular formula is C12H11Br2N3. The summed E-state index contributed by atoms with van der Waals surface area (Å²) in [4.78, 5) is 8.41. The Balaban J connectivity index is 1.90. The van der Waals surface area contributed by atoms with Gasteiger partial charge in [-0.2, -0.15) is 0 Å². The van der Waals surface area contributed by atoms with Crippen molar-refractivity contribution in [1.29, 1.82) is 0 Å². The molecule has 0 aliphatic heterocycles. The molecule has 2 aromatic rings. The molecule has 0 saturated heterocycles. The van der Waals surface area contributed by atoms with Gasteiger partial charge in [-0.3, -0.25) is 9.97 Å². The second-order valence-corrected chi connectivity index (χ2v) is 5.32. The van der Waals surface area contributed by atoms with Gasteiger partial charge in [-0.15, -0.1) is 0 Å². The maximum atomic E-state index is 4.34. The summed E-state index contributed by atoms with van der Waals surface area (Å²) >= 11 is 6.87. The molecule has 2 aromatic heterocycles. The van der Waals surface area contributed by atoms with Gasteiger partial charge >= 0.3 is 0 Å². The van der Waals surface area contributed by atoms with Crippen LogP contribution in [0.1, 0.15) is 11.3 Å². The van der Waals surface area contributed by atoms with Crippen molar-refractivity contribution in [3.05, 3.63) is 57.0 Å². The molecule has 0 bridgehead atoms. The molecular weight excluding hydrogens is 346 g/mol. The van der Waals surface area contributed by atoms with Gasteiger partial charge in [-0.25, -0.2) is 0 Å². The van der Waals surface area contributed by atoms with E-state index in [0.717, 1.165) is 27.7 Å². The quantitative estimate of drug-likeness (QED) is 0.913. The standard InChI is InChI=1S/C12H11Br2N3/c13-10-4-11(14)12(17-7-10)8-16-6-9-2-1-3-15-5-9/h1-5,7,16H,6,8H2. The number of rotatable bonds is 4. The van der Waals surface area contributed by atoms with E-state index in [9.17, 15) is 0 Å². The summed E-state index contributed by atoms with van der Waals surface area (Å²) in [6, 6.07) is 5.98. The molecule has 3 nitrogen and oxygen atoms in total. The third-order valence-electron chi connectivity index (χ3n) is 2.23. The van der Waals surface area contributed by atoms with Crippen LogP contribution in [0.15, 0.2) is 45.7 Å². The molecule has 0 atom stereocenters. The van der Waals surface area contributed by atoms with Crippen LogP contribution in [0.5, 0.6) is 0 Å². The normalized spacial score (nSPS) is 10.5. The maximum absolute atomic E-state index is 4.34. The smallest absolute Gasteiger partial charge is 0.0684 e. The number of aromatic nitrogens is 2. The molecule has 17 heavy (non-hydrogen) atoms. The minimum Gasteiger partial charge on any atom is -0.307 e. The second-order valence-electron chi connectivity index (χ2n) is 3.55. The van der Waals surface area contributed by atoms with Crippen LogP contribution in [0.2, 0.25) is 0 Å². The number of halogens is 2. The van der Waals surface area contributed by atoms with Gasteiger partial charge in [0.1, 0.15) is 0 Å². The number of nitrogens with zero attached hydrogens (tertiary/aromatic N) is 2. The largest absolute Gasteiger partial charge is 0.307 e. The van der Waals surface area contributed by atoms with Gasteiger partial charge < -0.3 is 5.32 Å². The molecule has 1 N–H and O–H groups in total. The highest BCUT2D eigenvalue weighted by molar-refractivity contribution is 9.11. The summed E-state index contributed by atoms with van der Waals surface area (Å²) in [5.41, 5.74) is 2.16. The van der Waals surface area contributed by atoms with Crippen LogP contribution in [-0.4, -0.2) is 9.97 Å². The van der Waals surface area contributed by atoms with Gasteiger partial charge in [-0.1, -0.05) is 6.07 Å². The summed E-state index contributed by atoms with van der Waals surface area (Å²) in [5, 5.41) is 3.33. The summed E-state index contributed by atoms with van der Waals surface area (Å²) in [7, 11) is 0. The van der Waals surface area contributed by atoms with Crippen molar-refractivity contribution < 1.29 is 0 Å². The van der Waals surface area contributed by atoms with Crippen LogP contribution in [-0.2, 0) is 13.1 Å². The fourth-order valence-electron chi connectivity index (χ4n) is 1.40. The average molecular weight is 357 g/mol. The number of pyridine rings is 2. The van der Waals surface area contributed by atoms with Gasteiger partial charge in [0.25, 0.3) is 0 Å². The third-order valence-corrected chi connectivity index (χ3v) is 3.35. The highest BCUT2D eigenvalue weighted by Crippen LogP contribution is 2.19. The highest BCUT2D eigenvalue weighted by atomic mass is 79.9. The molecule has 2 heterocycles. The zero-order valence-corrected chi connectivity index (χ0v) is 12.2. The second kappa shape index (κ2) is 6.23. The van der Waals surface area contributed by atoms with E-state index in [-0.39, 0.29) is 0 Å². The molecule has 0 aliphatic rings. The molecule has 0 aromatic carbocycles. The molecule has 0 amide bonds. The van der Waals surface area contributed by atoms with Gasteiger partial charge in [0, 0.05) is 40.6 Å². The molecule has 2 rings (SSSR count). The van der Waals surface area contributed by atoms with Crippen molar-refractivity contribution in [2.24, 2.45) is 0 Å². The van der Waals surface area contributed by atoms with Crippen molar-refractivity contribution in [1.82, 2.24) is 15.3 Å². The molecule has 0 spiro atoms. The predicted molar refractivity (Wildman–Crippen MR) is 74.4 cm³/mol. The fourth-order valence-corrected chi connectivity index (χ4v) is 2.53. The van der Waals surface area contributed by atoms with E-state index < -0.39 is 0 Å². The number of hydrogen-bond acceptors (Lipinski definition) is 3. The van der Waals surface area contributed by atoms with E-state index in [2.05, 4.69) is 47.1 Å². The van der Waals surface area contributed by atoms with Crippen LogP contribution in [0.4, 0.5) is 0 Å². The Morgan fingerprint density at radius 3 is 2.76 bits per heavy atom. The molecule has 5 heteroatoms. The number of nitrogens with one attached hydrogen (secondary N) is 1. The predicted octanol–water partition coefficient (Wildman–Crippen LogP) is 3.29. The van der Waals surface area contributed by atoms with E-state index >= 15 is 0 Å². The lowest BCUT2D eigenvalue weighted by molar-refractivity contribution is 0.675. The summed E-state index contributed by atoms with van der Waals surface area (Å²) in [6.07, 6.45) is 5.43. The van der Waals surface area contributed by atoms with Crippen LogP contribution < -0.4 is 5.32 Å². The first-order valence-corrected chi connectivity index (χ1v) is 6.74. The molecule has 0 aliphatic carbocycles. The Kier molecular flexibility index (Phi) is 4.65. The lowest BCUT2D eigenvalue weighted by atomic mass is 10.3. The van der Waals surface area contributed by atoms with Crippen LogP contribution in [0.3, 0.4) is 0 Å². The SMILES string of the molecule is Brc1cnc(CNCc2cccnc2)c(Br)c1. The Labute approximate surface area is 117 Å². The van der Waals surface area contributed by atoms with Gasteiger partial charge in [0.05, 0.1) is 5.69 Å². The zero-order chi connectivity index (χ0) is 12.1. The van der Waals surface area contributed by atoms with Crippen LogP contribution in [0, 0.1) is 0 Å². The van der Waals surface area contributed by atoms with Gasteiger partial charge in [0.2, 0.25) is 0 Å². The lowest BCUT2D eigenvalue weighted by Gasteiger charge is -2.06. The monoisotopic (exact) mass is 355 g/mol. The minimum absolute atomic E-state index is 0.725. The third kappa shape index (κ3) is 3.87. The topological polar surface area (TPSA) is 37.8 Å². The lowest BCUT2D eigenvalue weighted by Crippen LogP contribution is -2.14. The van der Waals surface area contributed by atoms with E-state index in [1.54, 1.807) is 12.4 Å². The van der Waals surface area contributed by atoms with Crippen molar-refractivity contribution in [2.75, 3.05) is 0 Å². The van der Waals surface area contributed by atoms with E-state index in [0.29, 0.717) is 0 Å². The van der Waals surface area contributed by atoms with Crippen molar-refractivity contribution >= 4 is 31.9 Å². The number of hydrogen-bond donors (Lipinski definition) is 1. The zero-order valence-electron chi connectivity index (χ0n) is 9.03. The minimum atomic E-state index is 0.725. The first-order chi connectivity index (χ1) is 8.25. The Hall–Kier alpha value is -0.780. The fraction of sp³-hybridized carbons (Fsp3) is 0.167. The van der Waals surface area contributed by atoms with Crippen LogP contribution in [0.25, 0.3) is 0 Å². The Morgan fingerprint density at radius 1 is 1.18 bits per heavy atom. The van der Waals surface area contributed by atoms with Crippen molar-refractivity contribution in [3.63, 3.8) is 0 Å². The summed E-state index contributed by atoms with van der Waals surface area (Å²) < 4.78 is 1.98. The van der Waals surface area contributed by atoms with Crippen molar-refractivity contribution in [3.8, 4) is 0 Å².